The lowest BCUT2D eigenvalue weighted by atomic mass is 9.62. The van der Waals surface area contributed by atoms with Crippen LogP contribution >= 0.6 is 0 Å². The molecule has 0 bridgehead atoms. The van der Waals surface area contributed by atoms with E-state index in [1.54, 1.807) is 41.3 Å². The Morgan fingerprint density at radius 3 is 2.81 bits per heavy atom. The zero-order valence-corrected chi connectivity index (χ0v) is 14.9. The van der Waals surface area contributed by atoms with Gasteiger partial charge in [0, 0.05) is 50.7 Å². The molecule has 1 unspecified atom stereocenters. The van der Waals surface area contributed by atoms with Gasteiger partial charge < -0.3 is 10.2 Å². The number of carbonyl (C=O) groups excluding carboxylic acids is 2. The quantitative estimate of drug-likeness (QED) is 0.900. The van der Waals surface area contributed by atoms with Crippen molar-refractivity contribution in [3.05, 3.63) is 48.0 Å². The van der Waals surface area contributed by atoms with E-state index < -0.39 is 0 Å². The minimum absolute atomic E-state index is 0.0323. The van der Waals surface area contributed by atoms with Gasteiger partial charge in [0.25, 0.3) is 5.91 Å². The van der Waals surface area contributed by atoms with Crippen LogP contribution in [0, 0.1) is 11.3 Å². The molecule has 4 rings (SSSR count). The molecule has 7 nitrogen and oxygen atoms in total. The smallest absolute Gasteiger partial charge is 0.274 e. The molecule has 0 aromatic carbocycles. The third-order valence-corrected chi connectivity index (χ3v) is 5.72. The summed E-state index contributed by atoms with van der Waals surface area (Å²) in [6.07, 6.45) is 8.37. The summed E-state index contributed by atoms with van der Waals surface area (Å²) in [6.45, 7) is 1.58. The van der Waals surface area contributed by atoms with Crippen LogP contribution in [0.25, 0.3) is 0 Å². The average Bonchev–Trinajstić information content (AvgIpc) is 3.24. The van der Waals surface area contributed by atoms with Crippen molar-refractivity contribution in [1.29, 1.82) is 0 Å². The van der Waals surface area contributed by atoms with Gasteiger partial charge in [-0.3, -0.25) is 19.3 Å². The first-order valence-corrected chi connectivity index (χ1v) is 9.03. The maximum Gasteiger partial charge on any atom is 0.274 e. The Morgan fingerprint density at radius 1 is 1.35 bits per heavy atom. The number of aromatic nitrogens is 3. The minimum atomic E-state index is -0.152. The van der Waals surface area contributed by atoms with Gasteiger partial charge in [-0.05, 0) is 30.5 Å². The molecule has 2 amide bonds. The topological polar surface area (TPSA) is 80.1 Å². The highest BCUT2D eigenvalue weighted by Gasteiger charge is 2.54. The summed E-state index contributed by atoms with van der Waals surface area (Å²) in [7, 11) is 1.79. The van der Waals surface area contributed by atoms with Gasteiger partial charge in [-0.25, -0.2) is 0 Å². The molecule has 2 aromatic heterocycles. The fourth-order valence-corrected chi connectivity index (χ4v) is 4.13. The van der Waals surface area contributed by atoms with Crippen molar-refractivity contribution in [3.63, 3.8) is 0 Å². The molecule has 1 aliphatic heterocycles. The molecule has 2 aromatic rings. The van der Waals surface area contributed by atoms with E-state index in [1.165, 1.54) is 0 Å². The molecule has 2 fully saturated rings. The van der Waals surface area contributed by atoms with E-state index in [4.69, 9.17) is 0 Å². The van der Waals surface area contributed by atoms with E-state index in [2.05, 4.69) is 15.4 Å². The highest BCUT2D eigenvalue weighted by atomic mass is 16.2. The molecule has 1 saturated heterocycles. The first-order valence-electron chi connectivity index (χ1n) is 9.03. The SMILES string of the molecule is Cn1ccc(C(=O)N2CC(C(=O)NCc3cccnc3)C3(CCC3)C2)n1. The first-order chi connectivity index (χ1) is 12.6. The Kier molecular flexibility index (Phi) is 4.22. The molecule has 1 atom stereocenters. The van der Waals surface area contributed by atoms with E-state index in [0.717, 1.165) is 24.8 Å². The molecular weight excluding hydrogens is 330 g/mol. The lowest BCUT2D eigenvalue weighted by molar-refractivity contribution is -0.129. The number of pyridine rings is 1. The van der Waals surface area contributed by atoms with Gasteiger partial charge in [-0.1, -0.05) is 12.5 Å². The van der Waals surface area contributed by atoms with Gasteiger partial charge >= 0.3 is 0 Å². The van der Waals surface area contributed by atoms with Gasteiger partial charge in [-0.15, -0.1) is 0 Å². The number of hydrogen-bond donors (Lipinski definition) is 1. The van der Waals surface area contributed by atoms with Crippen molar-refractivity contribution in [2.75, 3.05) is 13.1 Å². The molecule has 1 N–H and O–H groups in total. The lowest BCUT2D eigenvalue weighted by Crippen LogP contribution is -2.45. The summed E-state index contributed by atoms with van der Waals surface area (Å²) >= 11 is 0. The van der Waals surface area contributed by atoms with Gasteiger partial charge in [0.05, 0.1) is 5.92 Å². The Hall–Kier alpha value is -2.70. The second-order valence-electron chi connectivity index (χ2n) is 7.41. The fraction of sp³-hybridized carbons (Fsp3) is 0.474. The molecule has 0 radical (unpaired) electrons. The average molecular weight is 353 g/mol. The summed E-state index contributed by atoms with van der Waals surface area (Å²) < 4.78 is 1.63. The van der Waals surface area contributed by atoms with Crippen LogP contribution < -0.4 is 5.32 Å². The summed E-state index contributed by atoms with van der Waals surface area (Å²) in [5.41, 5.74) is 1.35. The summed E-state index contributed by atoms with van der Waals surface area (Å²) in [5, 5.41) is 7.24. The summed E-state index contributed by atoms with van der Waals surface area (Å²) in [6, 6.07) is 5.53. The first kappa shape index (κ1) is 16.8. The molecule has 2 aliphatic rings. The van der Waals surface area contributed by atoms with Crippen LogP contribution in [0.5, 0.6) is 0 Å². The number of rotatable bonds is 4. The Bertz CT molecular complexity index is 812. The van der Waals surface area contributed by atoms with Crippen LogP contribution in [-0.2, 0) is 18.4 Å². The van der Waals surface area contributed by atoms with Gasteiger partial charge in [0.1, 0.15) is 5.69 Å². The highest BCUT2D eigenvalue weighted by molar-refractivity contribution is 5.93. The number of nitrogens with one attached hydrogen (secondary N) is 1. The molecule has 1 aliphatic carbocycles. The Morgan fingerprint density at radius 2 is 2.19 bits per heavy atom. The predicted molar refractivity (Wildman–Crippen MR) is 95.0 cm³/mol. The van der Waals surface area contributed by atoms with Crippen molar-refractivity contribution in [3.8, 4) is 0 Å². The zero-order valence-electron chi connectivity index (χ0n) is 14.9. The van der Waals surface area contributed by atoms with Crippen LogP contribution in [0.1, 0.15) is 35.3 Å². The molecule has 136 valence electrons. The Balaban J connectivity index is 1.45. The molecular formula is C19H23N5O2. The van der Waals surface area contributed by atoms with Crippen LogP contribution in [0.15, 0.2) is 36.8 Å². The van der Waals surface area contributed by atoms with Crippen LogP contribution in [0.2, 0.25) is 0 Å². The third-order valence-electron chi connectivity index (χ3n) is 5.72. The second kappa shape index (κ2) is 6.55. The van der Waals surface area contributed by atoms with Crippen molar-refractivity contribution in [2.45, 2.75) is 25.8 Å². The number of amides is 2. The normalized spacial score (nSPS) is 20.8. The number of carbonyl (C=O) groups is 2. The number of likely N-dealkylation sites (tertiary alicyclic amines) is 1. The summed E-state index contributed by atoms with van der Waals surface area (Å²) in [5.74, 6) is -0.204. The molecule has 3 heterocycles. The minimum Gasteiger partial charge on any atom is -0.352 e. The van der Waals surface area contributed by atoms with Crippen LogP contribution in [0.3, 0.4) is 0 Å². The van der Waals surface area contributed by atoms with E-state index in [-0.39, 0.29) is 23.1 Å². The van der Waals surface area contributed by atoms with Gasteiger partial charge in [0.2, 0.25) is 5.91 Å². The third kappa shape index (κ3) is 2.98. The maximum atomic E-state index is 12.8. The predicted octanol–water partition coefficient (Wildman–Crippen LogP) is 1.37. The monoisotopic (exact) mass is 353 g/mol. The molecule has 26 heavy (non-hydrogen) atoms. The molecule has 1 spiro atoms. The summed E-state index contributed by atoms with van der Waals surface area (Å²) in [4.78, 5) is 31.5. The van der Waals surface area contributed by atoms with E-state index in [0.29, 0.717) is 25.3 Å². The van der Waals surface area contributed by atoms with E-state index in [9.17, 15) is 9.59 Å². The van der Waals surface area contributed by atoms with Crippen molar-refractivity contribution < 1.29 is 9.59 Å². The zero-order chi connectivity index (χ0) is 18.1. The van der Waals surface area contributed by atoms with Gasteiger partial charge in [-0.2, -0.15) is 5.10 Å². The van der Waals surface area contributed by atoms with E-state index >= 15 is 0 Å². The molecule has 1 saturated carbocycles. The van der Waals surface area contributed by atoms with Crippen molar-refractivity contribution >= 4 is 11.8 Å². The van der Waals surface area contributed by atoms with Crippen molar-refractivity contribution in [1.82, 2.24) is 25.0 Å². The number of nitrogens with zero attached hydrogens (tertiary/aromatic N) is 4. The Labute approximate surface area is 152 Å². The standard InChI is InChI=1S/C19H23N5O2/c1-23-9-5-16(22-23)18(26)24-12-15(19(13-24)6-3-7-19)17(25)21-11-14-4-2-8-20-10-14/h2,4-5,8-10,15H,3,6-7,11-13H2,1H3,(H,21,25). The number of hydrogen-bond acceptors (Lipinski definition) is 4. The number of aryl methyl sites for hydroxylation is 1. The lowest BCUT2D eigenvalue weighted by Gasteiger charge is -2.41. The second-order valence-corrected chi connectivity index (χ2v) is 7.41. The van der Waals surface area contributed by atoms with E-state index in [1.807, 2.05) is 12.1 Å². The maximum absolute atomic E-state index is 12.8. The largest absolute Gasteiger partial charge is 0.352 e. The van der Waals surface area contributed by atoms with Crippen LogP contribution in [0.4, 0.5) is 0 Å². The van der Waals surface area contributed by atoms with Gasteiger partial charge in [0.15, 0.2) is 0 Å². The van der Waals surface area contributed by atoms with Crippen molar-refractivity contribution in [2.24, 2.45) is 18.4 Å². The van der Waals surface area contributed by atoms with Crippen LogP contribution in [-0.4, -0.2) is 44.6 Å². The highest BCUT2D eigenvalue weighted by Crippen LogP contribution is 2.51. The fourth-order valence-electron chi connectivity index (χ4n) is 4.13. The molecule has 7 heteroatoms.